The van der Waals surface area contributed by atoms with Gasteiger partial charge in [0, 0.05) is 20.8 Å². The Morgan fingerprint density at radius 3 is 2.75 bits per heavy atom. The van der Waals surface area contributed by atoms with Gasteiger partial charge in [-0.05, 0) is 48.9 Å². The second kappa shape index (κ2) is 7.21. The fraction of sp³-hybridized carbons (Fsp3) is 0.294. The summed E-state index contributed by atoms with van der Waals surface area (Å²) in [7, 11) is 2.00. The standard InChI is InChI=1S/C17H20BrNS/c1-12(2)14(11-19-3)10-16-7-8-17(20-16)13-5-4-6-15(18)9-13/h4-10,12,19H,11H2,1-3H3. The van der Waals surface area contributed by atoms with Crippen molar-refractivity contribution in [3.05, 3.63) is 51.3 Å². The van der Waals surface area contributed by atoms with E-state index in [0.717, 1.165) is 11.0 Å². The lowest BCUT2D eigenvalue weighted by Gasteiger charge is -2.10. The quantitative estimate of drug-likeness (QED) is 0.757. The number of thiophene rings is 1. The van der Waals surface area contributed by atoms with Crippen molar-refractivity contribution in [2.45, 2.75) is 13.8 Å². The molecular weight excluding hydrogens is 330 g/mol. The Kier molecular flexibility index (Phi) is 5.58. The van der Waals surface area contributed by atoms with Crippen LogP contribution in [0.15, 0.2) is 46.4 Å². The molecule has 0 aliphatic heterocycles. The summed E-state index contributed by atoms with van der Waals surface area (Å²) in [6.07, 6.45) is 2.31. The van der Waals surface area contributed by atoms with Gasteiger partial charge in [-0.15, -0.1) is 11.3 Å². The van der Waals surface area contributed by atoms with Gasteiger partial charge >= 0.3 is 0 Å². The number of likely N-dealkylation sites (N-methyl/N-ethyl adjacent to an activating group) is 1. The van der Waals surface area contributed by atoms with Gasteiger partial charge in [0.1, 0.15) is 0 Å². The SMILES string of the molecule is CNCC(=Cc1ccc(-c2cccc(Br)c2)s1)C(C)C. The molecule has 0 radical (unpaired) electrons. The summed E-state index contributed by atoms with van der Waals surface area (Å²) in [6, 6.07) is 12.9. The summed E-state index contributed by atoms with van der Waals surface area (Å²) in [5.41, 5.74) is 2.71. The lowest BCUT2D eigenvalue weighted by atomic mass is 10.0. The first-order chi connectivity index (χ1) is 9.60. The van der Waals surface area contributed by atoms with Crippen LogP contribution in [0.5, 0.6) is 0 Å². The van der Waals surface area contributed by atoms with Crippen LogP contribution < -0.4 is 5.32 Å². The van der Waals surface area contributed by atoms with Crippen molar-refractivity contribution in [2.24, 2.45) is 5.92 Å². The maximum atomic E-state index is 3.53. The molecule has 1 aromatic heterocycles. The fourth-order valence-corrected chi connectivity index (χ4v) is 3.42. The van der Waals surface area contributed by atoms with Crippen LogP contribution in [0, 0.1) is 5.92 Å². The molecule has 0 spiro atoms. The smallest absolute Gasteiger partial charge is 0.0349 e. The van der Waals surface area contributed by atoms with Gasteiger partial charge in [0.2, 0.25) is 0 Å². The van der Waals surface area contributed by atoms with E-state index in [1.54, 1.807) is 0 Å². The molecule has 2 aromatic rings. The maximum absolute atomic E-state index is 3.53. The zero-order chi connectivity index (χ0) is 14.5. The number of halogens is 1. The van der Waals surface area contributed by atoms with Gasteiger partial charge in [0.05, 0.1) is 0 Å². The number of hydrogen-bond donors (Lipinski definition) is 1. The van der Waals surface area contributed by atoms with Crippen LogP contribution in [-0.2, 0) is 0 Å². The van der Waals surface area contributed by atoms with Crippen molar-refractivity contribution >= 4 is 33.3 Å². The molecule has 1 aromatic carbocycles. The molecule has 0 atom stereocenters. The molecule has 0 unspecified atom stereocenters. The number of nitrogens with one attached hydrogen (secondary N) is 1. The predicted octanol–water partition coefficient (Wildman–Crippen LogP) is 5.44. The third kappa shape index (κ3) is 4.05. The highest BCUT2D eigenvalue weighted by Crippen LogP contribution is 2.31. The van der Waals surface area contributed by atoms with E-state index in [4.69, 9.17) is 0 Å². The first-order valence-corrected chi connectivity index (χ1v) is 8.42. The minimum absolute atomic E-state index is 0.568. The van der Waals surface area contributed by atoms with Crippen molar-refractivity contribution in [2.75, 3.05) is 13.6 Å². The normalized spacial score (nSPS) is 12.2. The second-order valence-corrected chi connectivity index (χ2v) is 7.15. The van der Waals surface area contributed by atoms with Crippen LogP contribution in [-0.4, -0.2) is 13.6 Å². The summed E-state index contributed by atoms with van der Waals surface area (Å²) < 4.78 is 1.12. The van der Waals surface area contributed by atoms with Gasteiger partial charge in [0.25, 0.3) is 0 Å². The van der Waals surface area contributed by atoms with Gasteiger partial charge in [-0.1, -0.05) is 47.5 Å². The zero-order valence-electron chi connectivity index (χ0n) is 12.1. The van der Waals surface area contributed by atoms with E-state index < -0.39 is 0 Å². The third-order valence-electron chi connectivity index (χ3n) is 3.19. The van der Waals surface area contributed by atoms with Crippen molar-refractivity contribution in [3.63, 3.8) is 0 Å². The first-order valence-electron chi connectivity index (χ1n) is 6.81. The van der Waals surface area contributed by atoms with Gasteiger partial charge in [-0.3, -0.25) is 0 Å². The number of rotatable bonds is 5. The van der Waals surface area contributed by atoms with Crippen LogP contribution in [0.1, 0.15) is 18.7 Å². The first kappa shape index (κ1) is 15.5. The van der Waals surface area contributed by atoms with Crippen LogP contribution in [0.3, 0.4) is 0 Å². The van der Waals surface area contributed by atoms with Crippen LogP contribution in [0.2, 0.25) is 0 Å². The molecule has 0 fully saturated rings. The Bertz CT molecular complexity index is 599. The Morgan fingerprint density at radius 2 is 2.10 bits per heavy atom. The molecule has 1 nitrogen and oxygen atoms in total. The summed E-state index contributed by atoms with van der Waals surface area (Å²) >= 11 is 5.37. The lowest BCUT2D eigenvalue weighted by molar-refractivity contribution is 0.713. The Balaban J connectivity index is 2.26. The lowest BCUT2D eigenvalue weighted by Crippen LogP contribution is -2.13. The Morgan fingerprint density at radius 1 is 1.30 bits per heavy atom. The fourth-order valence-electron chi connectivity index (χ4n) is 2.04. The highest BCUT2D eigenvalue weighted by atomic mass is 79.9. The van der Waals surface area contributed by atoms with Gasteiger partial charge in [0.15, 0.2) is 0 Å². The largest absolute Gasteiger partial charge is 0.316 e. The molecule has 0 bridgehead atoms. The van der Waals surface area contributed by atoms with Gasteiger partial charge in [-0.2, -0.15) is 0 Å². The summed E-state index contributed by atoms with van der Waals surface area (Å²) in [4.78, 5) is 2.63. The van der Waals surface area contributed by atoms with Crippen molar-refractivity contribution < 1.29 is 0 Å². The molecule has 0 aliphatic rings. The van der Waals surface area contributed by atoms with E-state index in [9.17, 15) is 0 Å². The molecule has 1 heterocycles. The Hall–Kier alpha value is -0.900. The van der Waals surface area contributed by atoms with Crippen LogP contribution in [0.4, 0.5) is 0 Å². The molecular formula is C17H20BrNS. The molecule has 0 saturated carbocycles. The molecule has 0 amide bonds. The average molecular weight is 350 g/mol. The van der Waals surface area contributed by atoms with E-state index in [1.807, 2.05) is 18.4 Å². The predicted molar refractivity (Wildman–Crippen MR) is 94.2 cm³/mol. The maximum Gasteiger partial charge on any atom is 0.0349 e. The zero-order valence-corrected chi connectivity index (χ0v) is 14.5. The second-order valence-electron chi connectivity index (χ2n) is 5.12. The highest BCUT2D eigenvalue weighted by Gasteiger charge is 2.05. The van der Waals surface area contributed by atoms with E-state index >= 15 is 0 Å². The van der Waals surface area contributed by atoms with Crippen molar-refractivity contribution in [3.8, 4) is 10.4 Å². The van der Waals surface area contributed by atoms with E-state index in [-0.39, 0.29) is 0 Å². The average Bonchev–Trinajstić information content (AvgIpc) is 2.87. The molecule has 20 heavy (non-hydrogen) atoms. The molecule has 106 valence electrons. The third-order valence-corrected chi connectivity index (χ3v) is 4.76. The molecule has 0 aliphatic carbocycles. The minimum Gasteiger partial charge on any atom is -0.316 e. The molecule has 0 saturated heterocycles. The summed E-state index contributed by atoms with van der Waals surface area (Å²) in [6.45, 7) is 5.43. The summed E-state index contributed by atoms with van der Waals surface area (Å²) in [5.74, 6) is 0.568. The number of benzene rings is 1. The van der Waals surface area contributed by atoms with Crippen LogP contribution in [0.25, 0.3) is 16.5 Å². The van der Waals surface area contributed by atoms with E-state index in [2.05, 4.69) is 77.6 Å². The van der Waals surface area contributed by atoms with Gasteiger partial charge in [-0.25, -0.2) is 0 Å². The Labute approximate surface area is 133 Å². The summed E-state index contributed by atoms with van der Waals surface area (Å²) in [5, 5.41) is 3.25. The van der Waals surface area contributed by atoms with E-state index in [1.165, 1.54) is 20.9 Å². The number of hydrogen-bond acceptors (Lipinski definition) is 2. The van der Waals surface area contributed by atoms with Crippen LogP contribution >= 0.6 is 27.3 Å². The minimum atomic E-state index is 0.568. The van der Waals surface area contributed by atoms with Gasteiger partial charge < -0.3 is 5.32 Å². The van der Waals surface area contributed by atoms with E-state index in [0.29, 0.717) is 5.92 Å². The monoisotopic (exact) mass is 349 g/mol. The topological polar surface area (TPSA) is 12.0 Å². The highest BCUT2D eigenvalue weighted by molar-refractivity contribution is 9.10. The molecule has 2 rings (SSSR count). The van der Waals surface area contributed by atoms with Crippen molar-refractivity contribution in [1.29, 1.82) is 0 Å². The molecule has 1 N–H and O–H groups in total. The molecule has 3 heteroatoms. The van der Waals surface area contributed by atoms with Crippen molar-refractivity contribution in [1.82, 2.24) is 5.32 Å².